The zero-order chi connectivity index (χ0) is 19.3. The molecule has 0 saturated carbocycles. The van der Waals surface area contributed by atoms with Crippen LogP contribution in [0.1, 0.15) is 12.8 Å². The highest BCUT2D eigenvalue weighted by atomic mass is 16.5. The van der Waals surface area contributed by atoms with E-state index < -0.39 is 0 Å². The van der Waals surface area contributed by atoms with Crippen LogP contribution in [0.15, 0.2) is 71.4 Å². The van der Waals surface area contributed by atoms with E-state index in [2.05, 4.69) is 27.0 Å². The van der Waals surface area contributed by atoms with E-state index in [0.29, 0.717) is 19.0 Å². The maximum Gasteiger partial charge on any atom is 0.247 e. The van der Waals surface area contributed by atoms with Gasteiger partial charge in [0.05, 0.1) is 12.1 Å². The fourth-order valence-electron chi connectivity index (χ4n) is 3.13. The second-order valence-electron chi connectivity index (χ2n) is 6.69. The third-order valence-electron chi connectivity index (χ3n) is 4.64. The molecule has 0 bridgehead atoms. The predicted octanol–water partition coefficient (Wildman–Crippen LogP) is 3.67. The van der Waals surface area contributed by atoms with E-state index in [4.69, 9.17) is 9.72 Å². The van der Waals surface area contributed by atoms with Crippen LogP contribution in [-0.4, -0.2) is 35.2 Å². The van der Waals surface area contributed by atoms with Crippen LogP contribution in [0.25, 0.3) is 22.3 Å². The standard InChI is InChI=1S/C22H22N4O2/c1-26(13-14-28-17-7-3-2-4-8-17)22-18-9-5-6-10-19(18)24-21(25-22)16-11-12-20(27)23-15-16/h3,5-12,15H,2,4,13-14H2,1H3,(H,23,27). The van der Waals surface area contributed by atoms with Gasteiger partial charge in [0.15, 0.2) is 5.82 Å². The Morgan fingerprint density at radius 1 is 1.14 bits per heavy atom. The van der Waals surface area contributed by atoms with Crippen LogP contribution < -0.4 is 10.5 Å². The van der Waals surface area contributed by atoms with E-state index in [1.54, 1.807) is 12.3 Å². The largest absolute Gasteiger partial charge is 0.492 e. The van der Waals surface area contributed by atoms with Gasteiger partial charge < -0.3 is 14.6 Å². The Bertz CT molecular complexity index is 1080. The van der Waals surface area contributed by atoms with E-state index in [-0.39, 0.29) is 5.56 Å². The van der Waals surface area contributed by atoms with Crippen LogP contribution in [-0.2, 0) is 4.74 Å². The molecule has 3 aromatic rings. The van der Waals surface area contributed by atoms with Gasteiger partial charge in [-0.25, -0.2) is 9.97 Å². The van der Waals surface area contributed by atoms with Crippen molar-refractivity contribution in [2.24, 2.45) is 0 Å². The lowest BCUT2D eigenvalue weighted by Gasteiger charge is -2.21. The summed E-state index contributed by atoms with van der Waals surface area (Å²) >= 11 is 0. The summed E-state index contributed by atoms with van der Waals surface area (Å²) in [5.41, 5.74) is 1.48. The number of H-pyrrole nitrogens is 1. The summed E-state index contributed by atoms with van der Waals surface area (Å²) in [7, 11) is 2.00. The number of allylic oxidation sites excluding steroid dienone is 3. The number of aromatic nitrogens is 3. The van der Waals surface area contributed by atoms with Gasteiger partial charge in [-0.1, -0.05) is 18.2 Å². The van der Waals surface area contributed by atoms with Gasteiger partial charge in [0, 0.05) is 30.3 Å². The zero-order valence-corrected chi connectivity index (χ0v) is 15.8. The molecule has 28 heavy (non-hydrogen) atoms. The number of likely N-dealkylation sites (N-methyl/N-ethyl adjacent to an activating group) is 1. The minimum Gasteiger partial charge on any atom is -0.492 e. The molecular formula is C22H22N4O2. The van der Waals surface area contributed by atoms with Crippen LogP contribution in [0.3, 0.4) is 0 Å². The predicted molar refractivity (Wildman–Crippen MR) is 111 cm³/mol. The molecule has 0 amide bonds. The SMILES string of the molecule is CN(CCOC1=CCCC=C1)c1nc(-c2ccc(=O)[nH]c2)nc2ccccc12. The summed E-state index contributed by atoms with van der Waals surface area (Å²) < 4.78 is 5.86. The molecule has 6 heteroatoms. The average molecular weight is 374 g/mol. The average Bonchev–Trinajstić information content (AvgIpc) is 2.74. The molecule has 2 heterocycles. The Balaban J connectivity index is 1.60. The highest BCUT2D eigenvalue weighted by Crippen LogP contribution is 2.26. The summed E-state index contributed by atoms with van der Waals surface area (Å²) in [6.07, 6.45) is 10.0. The molecule has 1 N–H and O–H groups in total. The van der Waals surface area contributed by atoms with E-state index >= 15 is 0 Å². The van der Waals surface area contributed by atoms with E-state index in [1.165, 1.54) is 6.07 Å². The first-order valence-corrected chi connectivity index (χ1v) is 9.37. The van der Waals surface area contributed by atoms with Crippen LogP contribution >= 0.6 is 0 Å². The monoisotopic (exact) mass is 374 g/mol. The number of hydrogen-bond donors (Lipinski definition) is 1. The minimum atomic E-state index is -0.148. The Morgan fingerprint density at radius 2 is 2.04 bits per heavy atom. The second kappa shape index (κ2) is 8.08. The van der Waals surface area contributed by atoms with Gasteiger partial charge in [0.1, 0.15) is 18.2 Å². The van der Waals surface area contributed by atoms with Crippen molar-refractivity contribution in [1.82, 2.24) is 15.0 Å². The van der Waals surface area contributed by atoms with Crippen molar-refractivity contribution in [3.8, 4) is 11.4 Å². The van der Waals surface area contributed by atoms with Gasteiger partial charge >= 0.3 is 0 Å². The Morgan fingerprint density at radius 3 is 2.82 bits per heavy atom. The molecule has 142 valence electrons. The quantitative estimate of drug-likeness (QED) is 0.713. The number of nitrogens with zero attached hydrogens (tertiary/aromatic N) is 3. The number of para-hydroxylation sites is 1. The molecule has 0 fully saturated rings. The summed E-state index contributed by atoms with van der Waals surface area (Å²) in [6, 6.07) is 11.1. The third-order valence-corrected chi connectivity index (χ3v) is 4.64. The maximum atomic E-state index is 11.4. The van der Waals surface area contributed by atoms with Crippen LogP contribution in [0, 0.1) is 0 Å². The van der Waals surface area contributed by atoms with Crippen LogP contribution in [0.5, 0.6) is 0 Å². The number of ether oxygens (including phenoxy) is 1. The molecule has 1 aliphatic carbocycles. The number of fused-ring (bicyclic) bond motifs is 1. The third kappa shape index (κ3) is 3.96. The van der Waals surface area contributed by atoms with E-state index in [1.807, 2.05) is 37.4 Å². The molecule has 2 aromatic heterocycles. The maximum absolute atomic E-state index is 11.4. The molecule has 0 radical (unpaired) electrons. The fourth-order valence-corrected chi connectivity index (χ4v) is 3.13. The van der Waals surface area contributed by atoms with Crippen LogP contribution in [0.4, 0.5) is 5.82 Å². The smallest absolute Gasteiger partial charge is 0.247 e. The normalized spacial score (nSPS) is 13.4. The van der Waals surface area contributed by atoms with Gasteiger partial charge in [0.2, 0.25) is 5.56 Å². The van der Waals surface area contributed by atoms with Gasteiger partial charge in [-0.3, -0.25) is 4.79 Å². The van der Waals surface area contributed by atoms with Gasteiger partial charge in [-0.2, -0.15) is 0 Å². The van der Waals surface area contributed by atoms with Crippen molar-refractivity contribution in [2.45, 2.75) is 12.8 Å². The number of anilines is 1. The fraction of sp³-hybridized carbons (Fsp3) is 0.227. The molecule has 6 nitrogen and oxygen atoms in total. The minimum absolute atomic E-state index is 0.148. The summed E-state index contributed by atoms with van der Waals surface area (Å²) in [6.45, 7) is 1.26. The summed E-state index contributed by atoms with van der Waals surface area (Å²) in [5, 5.41) is 0.981. The molecule has 0 atom stereocenters. The number of rotatable bonds is 6. The van der Waals surface area contributed by atoms with Gasteiger partial charge in [0.25, 0.3) is 0 Å². The zero-order valence-electron chi connectivity index (χ0n) is 15.8. The first-order chi connectivity index (χ1) is 13.7. The van der Waals surface area contributed by atoms with Gasteiger partial charge in [-0.15, -0.1) is 0 Å². The van der Waals surface area contributed by atoms with E-state index in [0.717, 1.165) is 40.9 Å². The lowest BCUT2D eigenvalue weighted by molar-refractivity contribution is 0.230. The van der Waals surface area contributed by atoms with Gasteiger partial charge in [-0.05, 0) is 43.2 Å². The lowest BCUT2D eigenvalue weighted by Crippen LogP contribution is -2.24. The Hall–Kier alpha value is -3.41. The number of benzene rings is 1. The number of hydrogen-bond acceptors (Lipinski definition) is 5. The summed E-state index contributed by atoms with van der Waals surface area (Å²) in [5.74, 6) is 2.35. The second-order valence-corrected chi connectivity index (χ2v) is 6.69. The molecule has 0 unspecified atom stereocenters. The molecule has 4 rings (SSSR count). The highest BCUT2D eigenvalue weighted by molar-refractivity contribution is 5.90. The van der Waals surface area contributed by atoms with E-state index in [9.17, 15) is 4.79 Å². The molecular weight excluding hydrogens is 352 g/mol. The lowest BCUT2D eigenvalue weighted by atomic mass is 10.2. The molecule has 0 aliphatic heterocycles. The number of pyridine rings is 1. The molecule has 0 spiro atoms. The first kappa shape index (κ1) is 18.0. The topological polar surface area (TPSA) is 71.1 Å². The highest BCUT2D eigenvalue weighted by Gasteiger charge is 2.13. The van der Waals surface area contributed by atoms with Crippen molar-refractivity contribution < 1.29 is 4.74 Å². The number of aromatic amines is 1. The van der Waals surface area contributed by atoms with Crippen LogP contribution in [0.2, 0.25) is 0 Å². The number of nitrogens with one attached hydrogen (secondary N) is 1. The van der Waals surface area contributed by atoms with Crippen molar-refractivity contribution in [1.29, 1.82) is 0 Å². The molecule has 1 aromatic carbocycles. The van der Waals surface area contributed by atoms with Crippen molar-refractivity contribution >= 4 is 16.7 Å². The Kier molecular flexibility index (Phi) is 5.19. The summed E-state index contributed by atoms with van der Waals surface area (Å²) in [4.78, 5) is 25.6. The van der Waals surface area contributed by atoms with Crippen molar-refractivity contribution in [2.75, 3.05) is 25.1 Å². The molecule has 1 aliphatic rings. The van der Waals surface area contributed by atoms with Crippen molar-refractivity contribution in [3.05, 3.63) is 76.9 Å². The molecule has 0 saturated heterocycles. The van der Waals surface area contributed by atoms with Crippen molar-refractivity contribution in [3.63, 3.8) is 0 Å². The first-order valence-electron chi connectivity index (χ1n) is 9.37. The Labute approximate surface area is 163 Å².